The lowest BCUT2D eigenvalue weighted by molar-refractivity contribution is -0.148. The molecule has 0 aliphatic heterocycles. The van der Waals surface area contributed by atoms with E-state index in [1.54, 1.807) is 25.7 Å². The van der Waals surface area contributed by atoms with Crippen molar-refractivity contribution < 1.29 is 23.9 Å². The summed E-state index contributed by atoms with van der Waals surface area (Å²) in [6, 6.07) is 5.30. The fourth-order valence-corrected chi connectivity index (χ4v) is 5.02. The molecule has 0 aromatic heterocycles. The van der Waals surface area contributed by atoms with Crippen molar-refractivity contribution in [3.05, 3.63) is 35.4 Å². The molecular weight excluding hydrogens is 472 g/mol. The third-order valence-electron chi connectivity index (χ3n) is 6.95. The quantitative estimate of drug-likeness (QED) is 0.463. The van der Waals surface area contributed by atoms with Crippen LogP contribution in [0.3, 0.4) is 0 Å². The molecule has 9 nitrogen and oxygen atoms in total. The number of carbonyl (C=O) groups is 4. The van der Waals surface area contributed by atoms with Crippen molar-refractivity contribution in [2.24, 2.45) is 5.73 Å². The van der Waals surface area contributed by atoms with Crippen LogP contribution < -0.4 is 16.4 Å². The van der Waals surface area contributed by atoms with Crippen LogP contribution in [0, 0.1) is 6.92 Å². The Bertz CT molecular complexity index is 979. The summed E-state index contributed by atoms with van der Waals surface area (Å²) < 4.78 is 5.34. The number of nitrogens with one attached hydrogen (secondary N) is 2. The van der Waals surface area contributed by atoms with E-state index in [-0.39, 0.29) is 18.0 Å². The number of hydrogen-bond donors (Lipinski definition) is 3. The first-order valence-corrected chi connectivity index (χ1v) is 13.4. The maximum Gasteiger partial charge on any atom is 0.408 e. The molecule has 0 bridgehead atoms. The molecule has 3 rings (SSSR count). The number of alkyl carbamates (subject to hydrolysis) is 1. The molecule has 2 saturated carbocycles. The molecule has 204 valence electrons. The molecule has 37 heavy (non-hydrogen) atoms. The second-order valence-electron chi connectivity index (χ2n) is 11.4. The smallest absolute Gasteiger partial charge is 0.408 e. The number of nitrogens with two attached hydrogens (primary N) is 1. The highest BCUT2D eigenvalue weighted by molar-refractivity contribution is 5.94. The molecule has 9 heteroatoms. The summed E-state index contributed by atoms with van der Waals surface area (Å²) in [4.78, 5) is 54.0. The van der Waals surface area contributed by atoms with E-state index in [9.17, 15) is 19.2 Å². The van der Waals surface area contributed by atoms with Gasteiger partial charge >= 0.3 is 6.09 Å². The minimum atomic E-state index is -1.25. The zero-order valence-corrected chi connectivity index (χ0v) is 22.5. The minimum absolute atomic E-state index is 0.0632. The summed E-state index contributed by atoms with van der Waals surface area (Å²) in [5, 5.41) is 5.73. The molecule has 2 unspecified atom stereocenters. The van der Waals surface area contributed by atoms with Gasteiger partial charge in [-0.3, -0.25) is 14.4 Å². The maximum absolute atomic E-state index is 14.1. The van der Waals surface area contributed by atoms with Crippen LogP contribution in [0.2, 0.25) is 0 Å². The van der Waals surface area contributed by atoms with Crippen molar-refractivity contribution in [3.8, 4) is 0 Å². The van der Waals surface area contributed by atoms with Gasteiger partial charge in [-0.1, -0.05) is 49.1 Å². The van der Waals surface area contributed by atoms with Crippen LogP contribution in [-0.2, 0) is 19.1 Å². The van der Waals surface area contributed by atoms with Gasteiger partial charge < -0.3 is 26.0 Å². The fourth-order valence-electron chi connectivity index (χ4n) is 5.02. The highest BCUT2D eigenvalue weighted by atomic mass is 16.6. The molecule has 2 aliphatic carbocycles. The normalized spacial score (nSPS) is 18.2. The second-order valence-corrected chi connectivity index (χ2v) is 11.4. The lowest BCUT2D eigenvalue weighted by atomic mass is 9.87. The second kappa shape index (κ2) is 12.4. The minimum Gasteiger partial charge on any atom is -0.444 e. The Hall–Kier alpha value is -3.10. The molecule has 0 heterocycles. The molecule has 4 N–H and O–H groups in total. The van der Waals surface area contributed by atoms with Gasteiger partial charge in [0.15, 0.2) is 0 Å². The van der Waals surface area contributed by atoms with E-state index in [4.69, 9.17) is 10.5 Å². The van der Waals surface area contributed by atoms with E-state index in [0.717, 1.165) is 56.9 Å². The first kappa shape index (κ1) is 28.5. The topological polar surface area (TPSA) is 131 Å². The number of carbonyl (C=O) groups excluding carboxylic acids is 4. The molecule has 0 saturated heterocycles. The largest absolute Gasteiger partial charge is 0.444 e. The van der Waals surface area contributed by atoms with Crippen molar-refractivity contribution in [1.29, 1.82) is 0 Å². The number of benzene rings is 1. The van der Waals surface area contributed by atoms with Gasteiger partial charge in [-0.05, 0) is 65.4 Å². The van der Waals surface area contributed by atoms with Crippen LogP contribution >= 0.6 is 0 Å². The number of amides is 4. The lowest BCUT2D eigenvalue weighted by Gasteiger charge is -2.44. The summed E-state index contributed by atoms with van der Waals surface area (Å²) in [5.74, 6) is -1.49. The molecule has 1 aromatic rings. The van der Waals surface area contributed by atoms with Crippen LogP contribution in [0.1, 0.15) is 95.7 Å². The third kappa shape index (κ3) is 8.20. The third-order valence-corrected chi connectivity index (χ3v) is 6.95. The number of ether oxygens (including phenoxy) is 1. The summed E-state index contributed by atoms with van der Waals surface area (Å²) in [7, 11) is 0. The van der Waals surface area contributed by atoms with E-state index in [1.807, 2.05) is 31.2 Å². The van der Waals surface area contributed by atoms with Gasteiger partial charge in [-0.25, -0.2) is 4.79 Å². The molecule has 0 spiro atoms. The van der Waals surface area contributed by atoms with Gasteiger partial charge in [-0.2, -0.15) is 0 Å². The lowest BCUT2D eigenvalue weighted by Crippen LogP contribution is -2.58. The summed E-state index contributed by atoms with van der Waals surface area (Å²) in [6.07, 6.45) is 6.29. The summed E-state index contributed by atoms with van der Waals surface area (Å²) in [5.41, 5.74) is 6.34. The Kier molecular flexibility index (Phi) is 9.56. The Balaban J connectivity index is 1.96. The van der Waals surface area contributed by atoms with Crippen molar-refractivity contribution >= 4 is 23.8 Å². The van der Waals surface area contributed by atoms with Crippen molar-refractivity contribution in [2.75, 3.05) is 0 Å². The molecule has 2 aliphatic rings. The Morgan fingerprint density at radius 2 is 1.73 bits per heavy atom. The highest BCUT2D eigenvalue weighted by Gasteiger charge is 2.42. The first-order chi connectivity index (χ1) is 17.4. The molecule has 2 atom stereocenters. The standard InChI is InChI=1S/C28H42N4O5/c1-18-10-8-11-19(16-18)24(25(34)30-20-12-6-5-7-13-20)32(21-14-9-15-21)26(35)22(17-23(29)33)31-27(36)37-28(2,3)4/h8,10-11,16,20-22,24H,5-7,9,12-15,17H2,1-4H3,(H2,29,33)(H,30,34)(H,31,36). The van der Waals surface area contributed by atoms with E-state index in [2.05, 4.69) is 10.6 Å². The Labute approximate surface area is 219 Å². The Morgan fingerprint density at radius 1 is 1.05 bits per heavy atom. The number of rotatable bonds is 9. The number of primary amides is 1. The van der Waals surface area contributed by atoms with Gasteiger partial charge in [0.1, 0.15) is 17.7 Å². The SMILES string of the molecule is Cc1cccc(C(C(=O)NC2CCCCC2)N(C(=O)C(CC(N)=O)NC(=O)OC(C)(C)C)C2CCC2)c1. The highest BCUT2D eigenvalue weighted by Crippen LogP contribution is 2.34. The molecule has 1 aromatic carbocycles. The van der Waals surface area contributed by atoms with Crippen LogP contribution in [0.4, 0.5) is 4.79 Å². The van der Waals surface area contributed by atoms with Gasteiger partial charge in [0.2, 0.25) is 17.7 Å². The number of hydrogen-bond acceptors (Lipinski definition) is 5. The molecule has 4 amide bonds. The van der Waals surface area contributed by atoms with E-state index < -0.39 is 42.0 Å². The molecule has 0 radical (unpaired) electrons. The predicted molar refractivity (Wildman–Crippen MR) is 140 cm³/mol. The first-order valence-electron chi connectivity index (χ1n) is 13.4. The number of aryl methyl sites for hydroxylation is 1. The van der Waals surface area contributed by atoms with Gasteiger partial charge in [0, 0.05) is 12.1 Å². The maximum atomic E-state index is 14.1. The predicted octanol–water partition coefficient (Wildman–Crippen LogP) is 3.63. The van der Waals surface area contributed by atoms with Crippen LogP contribution in [-0.4, -0.2) is 52.4 Å². The van der Waals surface area contributed by atoms with Crippen molar-refractivity contribution in [3.63, 3.8) is 0 Å². The van der Waals surface area contributed by atoms with Gasteiger partial charge in [0.05, 0.1) is 6.42 Å². The van der Waals surface area contributed by atoms with Crippen molar-refractivity contribution in [2.45, 2.75) is 115 Å². The average molecular weight is 515 g/mol. The van der Waals surface area contributed by atoms with Crippen LogP contribution in [0.15, 0.2) is 24.3 Å². The molecular formula is C28H42N4O5. The zero-order valence-electron chi connectivity index (χ0n) is 22.5. The van der Waals surface area contributed by atoms with Crippen LogP contribution in [0.5, 0.6) is 0 Å². The monoisotopic (exact) mass is 514 g/mol. The van der Waals surface area contributed by atoms with E-state index >= 15 is 0 Å². The zero-order chi connectivity index (χ0) is 27.2. The number of nitrogens with zero attached hydrogens (tertiary/aromatic N) is 1. The Morgan fingerprint density at radius 3 is 2.27 bits per heavy atom. The summed E-state index contributed by atoms with van der Waals surface area (Å²) >= 11 is 0. The molecule has 2 fully saturated rings. The average Bonchev–Trinajstić information content (AvgIpc) is 2.75. The van der Waals surface area contributed by atoms with Gasteiger partial charge in [0.25, 0.3) is 0 Å². The van der Waals surface area contributed by atoms with Crippen LogP contribution in [0.25, 0.3) is 0 Å². The van der Waals surface area contributed by atoms with E-state index in [1.165, 1.54) is 0 Å². The van der Waals surface area contributed by atoms with Crippen molar-refractivity contribution in [1.82, 2.24) is 15.5 Å². The van der Waals surface area contributed by atoms with E-state index in [0.29, 0.717) is 5.56 Å². The van der Waals surface area contributed by atoms with Gasteiger partial charge in [-0.15, -0.1) is 0 Å². The fraction of sp³-hybridized carbons (Fsp3) is 0.643. The summed E-state index contributed by atoms with van der Waals surface area (Å²) in [6.45, 7) is 7.07.